The van der Waals surface area contributed by atoms with E-state index in [1.54, 1.807) is 71.1 Å². The molecule has 4 unspecified atom stereocenters. The number of hydrogen-bond donors (Lipinski definition) is 0. The Morgan fingerprint density at radius 2 is 0.870 bits per heavy atom. The maximum absolute atomic E-state index is 13.0. The van der Waals surface area contributed by atoms with Gasteiger partial charge in [0.25, 0.3) is 0 Å². The van der Waals surface area contributed by atoms with Crippen molar-refractivity contribution in [2.75, 3.05) is 125 Å². The summed E-state index contributed by atoms with van der Waals surface area (Å²) in [5, 5.41) is 0. The fourth-order valence-corrected chi connectivity index (χ4v) is 10.3. The highest BCUT2D eigenvalue weighted by atomic mass is 16.6. The van der Waals surface area contributed by atoms with Gasteiger partial charge in [0.05, 0.1) is 137 Å². The van der Waals surface area contributed by atoms with Gasteiger partial charge in [0.1, 0.15) is 12.1 Å². The van der Waals surface area contributed by atoms with Crippen molar-refractivity contribution in [3.63, 3.8) is 0 Å². The lowest BCUT2D eigenvalue weighted by atomic mass is 9.85. The SMILES string of the molecule is COc1cc2c(cc1OC)C(Cc1cc(OC)c(OC)c(OC)c1)[N+](C)(CCCOC(=O)CCC(=O)OCCC[N+]1(C)CCc3cc(OC)c(OC)cc3C1c1cc(OC)c(OC)c(OC)c1)CC2. The van der Waals surface area contributed by atoms with Crippen molar-refractivity contribution >= 4 is 11.9 Å². The number of fused-ring (bicyclic) bond motifs is 2. The summed E-state index contributed by atoms with van der Waals surface area (Å²) in [7, 11) is 20.6. The molecule has 4 aromatic carbocycles. The van der Waals surface area contributed by atoms with Crippen molar-refractivity contribution in [3.05, 3.63) is 81.9 Å². The second-order valence-electron chi connectivity index (χ2n) is 17.9. The van der Waals surface area contributed by atoms with Gasteiger partial charge in [0.15, 0.2) is 46.0 Å². The van der Waals surface area contributed by atoms with Crippen LogP contribution in [0.2, 0.25) is 0 Å². The van der Waals surface area contributed by atoms with E-state index in [9.17, 15) is 9.59 Å². The number of carbonyl (C=O) groups is 2. The first-order chi connectivity index (χ1) is 33.3. The van der Waals surface area contributed by atoms with E-state index in [-0.39, 0.29) is 38.1 Å². The standard InChI is InChI=1S/C53H72N2O14/c1-54(21-17-35-28-41(58-3)43(60-5)32-38(35)40(54)25-34-26-45(62-7)52(66-11)46(27-34)63-8)19-13-23-68-49(56)15-16-50(57)69-24-14-20-55(2)22-18-36-29-42(59-4)44(61-6)33-39(36)51(55)37-30-47(64-9)53(67-12)48(31-37)65-10/h26-33,40,51H,13-25H2,1-12H3/q+2. The molecule has 0 amide bonds. The molecule has 0 N–H and O–H groups in total. The van der Waals surface area contributed by atoms with E-state index >= 15 is 0 Å². The number of esters is 2. The molecule has 2 aliphatic rings. The van der Waals surface area contributed by atoms with Gasteiger partial charge in [-0.15, -0.1) is 0 Å². The summed E-state index contributed by atoms with van der Waals surface area (Å²) in [6, 6.07) is 16.1. The van der Waals surface area contributed by atoms with Crippen LogP contribution >= 0.6 is 0 Å². The average molecular weight is 961 g/mol. The van der Waals surface area contributed by atoms with E-state index in [1.165, 1.54) is 11.1 Å². The van der Waals surface area contributed by atoms with E-state index in [0.717, 1.165) is 54.7 Å². The zero-order valence-corrected chi connectivity index (χ0v) is 42.6. The Labute approximate surface area is 407 Å². The minimum absolute atomic E-state index is 0.0186. The highest BCUT2D eigenvalue weighted by molar-refractivity contribution is 5.77. The molecule has 4 atom stereocenters. The molecule has 0 spiro atoms. The number of hydrogen-bond acceptors (Lipinski definition) is 14. The van der Waals surface area contributed by atoms with Crippen molar-refractivity contribution in [1.29, 1.82) is 0 Å². The third kappa shape index (κ3) is 11.4. The van der Waals surface area contributed by atoms with Crippen LogP contribution in [-0.4, -0.2) is 145 Å². The number of carbonyl (C=O) groups excluding carboxylic acids is 2. The number of likely N-dealkylation sites (N-methyl/N-ethyl adjacent to an activating group) is 2. The molecule has 16 nitrogen and oxygen atoms in total. The molecule has 4 aromatic rings. The quantitative estimate of drug-likeness (QED) is 0.0388. The van der Waals surface area contributed by atoms with Crippen LogP contribution in [0.1, 0.15) is 71.1 Å². The number of benzene rings is 4. The van der Waals surface area contributed by atoms with Crippen molar-refractivity contribution in [2.24, 2.45) is 0 Å². The predicted octanol–water partition coefficient (Wildman–Crippen LogP) is 7.50. The minimum atomic E-state index is -0.441. The normalized spacial score (nSPS) is 19.2. The molecular weight excluding hydrogens is 889 g/mol. The zero-order chi connectivity index (χ0) is 49.9. The molecule has 69 heavy (non-hydrogen) atoms. The van der Waals surface area contributed by atoms with Gasteiger partial charge in [-0.1, -0.05) is 0 Å². The smallest absolute Gasteiger partial charge is 0.306 e. The third-order valence-corrected chi connectivity index (χ3v) is 13.9. The van der Waals surface area contributed by atoms with Crippen LogP contribution in [0.5, 0.6) is 57.5 Å². The van der Waals surface area contributed by atoms with Crippen LogP contribution in [0.15, 0.2) is 48.5 Å². The lowest BCUT2D eigenvalue weighted by Crippen LogP contribution is -2.52. The molecule has 0 saturated carbocycles. The molecule has 0 bridgehead atoms. The van der Waals surface area contributed by atoms with Crippen LogP contribution in [-0.2, 0) is 38.3 Å². The van der Waals surface area contributed by atoms with E-state index < -0.39 is 11.9 Å². The number of quaternary nitrogens is 2. The van der Waals surface area contributed by atoms with Gasteiger partial charge in [0, 0.05) is 48.8 Å². The lowest BCUT2D eigenvalue weighted by molar-refractivity contribution is -0.941. The number of ether oxygens (including phenoxy) is 12. The molecule has 0 fully saturated rings. The third-order valence-electron chi connectivity index (χ3n) is 13.9. The second kappa shape index (κ2) is 23.4. The van der Waals surface area contributed by atoms with Gasteiger partial charge in [-0.2, -0.15) is 0 Å². The summed E-state index contributed by atoms with van der Waals surface area (Å²) in [5.74, 6) is 5.14. The molecule has 16 heteroatoms. The van der Waals surface area contributed by atoms with Gasteiger partial charge < -0.3 is 65.8 Å². The van der Waals surface area contributed by atoms with Crippen molar-refractivity contribution in [3.8, 4) is 57.5 Å². The van der Waals surface area contributed by atoms with E-state index in [0.29, 0.717) is 92.3 Å². The average Bonchev–Trinajstić information content (AvgIpc) is 3.37. The van der Waals surface area contributed by atoms with Crippen molar-refractivity contribution in [1.82, 2.24) is 0 Å². The largest absolute Gasteiger partial charge is 0.493 e. The van der Waals surface area contributed by atoms with Gasteiger partial charge in [-0.3, -0.25) is 9.59 Å². The molecule has 0 radical (unpaired) electrons. The summed E-state index contributed by atoms with van der Waals surface area (Å²) >= 11 is 0. The van der Waals surface area contributed by atoms with Gasteiger partial charge in [0.2, 0.25) is 11.5 Å². The molecule has 2 heterocycles. The first-order valence-corrected chi connectivity index (χ1v) is 23.4. The fourth-order valence-electron chi connectivity index (χ4n) is 10.3. The number of rotatable bonds is 24. The molecule has 0 aliphatic carbocycles. The van der Waals surface area contributed by atoms with Crippen LogP contribution in [0.25, 0.3) is 0 Å². The minimum Gasteiger partial charge on any atom is -0.493 e. The Kier molecular flexibility index (Phi) is 17.6. The first-order valence-electron chi connectivity index (χ1n) is 23.4. The van der Waals surface area contributed by atoms with Crippen molar-refractivity contribution in [2.45, 2.75) is 57.0 Å². The topological polar surface area (TPSA) is 145 Å². The first kappa shape index (κ1) is 52.1. The van der Waals surface area contributed by atoms with Crippen LogP contribution in [0.4, 0.5) is 0 Å². The lowest BCUT2D eigenvalue weighted by Gasteiger charge is -2.46. The number of nitrogens with zero attached hydrogens (tertiary/aromatic N) is 2. The highest BCUT2D eigenvalue weighted by Gasteiger charge is 2.43. The second-order valence-corrected chi connectivity index (χ2v) is 17.9. The summed E-state index contributed by atoms with van der Waals surface area (Å²) in [4.78, 5) is 26.0. The van der Waals surface area contributed by atoms with Crippen LogP contribution in [0.3, 0.4) is 0 Å². The summed E-state index contributed by atoms with van der Waals surface area (Å²) in [6.45, 7) is 3.54. The molecule has 6 rings (SSSR count). The maximum atomic E-state index is 13.0. The Morgan fingerprint density at radius 3 is 1.32 bits per heavy atom. The Hall–Kier alpha value is -6.26. The molecular formula is C53H72N2O14+2. The Balaban J connectivity index is 1.05. The molecule has 0 saturated heterocycles. The summed E-state index contributed by atoms with van der Waals surface area (Å²) < 4.78 is 69.7. The Morgan fingerprint density at radius 1 is 0.478 bits per heavy atom. The maximum Gasteiger partial charge on any atom is 0.306 e. The highest BCUT2D eigenvalue weighted by Crippen LogP contribution is 2.49. The molecule has 376 valence electrons. The van der Waals surface area contributed by atoms with Crippen LogP contribution < -0.4 is 47.4 Å². The van der Waals surface area contributed by atoms with Crippen LogP contribution in [0, 0.1) is 0 Å². The van der Waals surface area contributed by atoms with E-state index in [2.05, 4.69) is 38.4 Å². The fraction of sp³-hybridized carbons (Fsp3) is 0.509. The van der Waals surface area contributed by atoms with E-state index in [1.807, 2.05) is 24.3 Å². The van der Waals surface area contributed by atoms with Gasteiger partial charge in [-0.05, 0) is 65.2 Å². The summed E-state index contributed by atoms with van der Waals surface area (Å²) in [6.07, 6.45) is 3.40. The molecule has 0 aromatic heterocycles. The zero-order valence-electron chi connectivity index (χ0n) is 42.6. The van der Waals surface area contributed by atoms with E-state index in [4.69, 9.17) is 56.8 Å². The predicted molar refractivity (Wildman–Crippen MR) is 259 cm³/mol. The number of methoxy groups -OCH3 is 10. The monoisotopic (exact) mass is 960 g/mol. The van der Waals surface area contributed by atoms with Gasteiger partial charge >= 0.3 is 11.9 Å². The van der Waals surface area contributed by atoms with Gasteiger partial charge in [-0.25, -0.2) is 0 Å². The molecule has 2 aliphatic heterocycles. The Bertz CT molecular complexity index is 2370. The summed E-state index contributed by atoms with van der Waals surface area (Å²) in [5.41, 5.74) is 6.63. The van der Waals surface area contributed by atoms with Crippen molar-refractivity contribution < 1.29 is 75.4 Å².